The number of halogens is 2. The van der Waals surface area contributed by atoms with Gasteiger partial charge in [-0.25, -0.2) is 8.78 Å². The van der Waals surface area contributed by atoms with Crippen LogP contribution >= 0.6 is 0 Å². The number of unbranched alkanes of at least 4 members (excludes halogenated alkanes) is 1. The minimum atomic E-state index is -1.38. The van der Waals surface area contributed by atoms with Crippen molar-refractivity contribution in [2.24, 2.45) is 11.7 Å². The summed E-state index contributed by atoms with van der Waals surface area (Å²) in [5.74, 6) is -2.90. The van der Waals surface area contributed by atoms with E-state index in [1.165, 1.54) is 6.07 Å². The molecule has 150 valence electrons. The Morgan fingerprint density at radius 3 is 2.56 bits per heavy atom. The molecule has 1 fully saturated rings. The van der Waals surface area contributed by atoms with Crippen LogP contribution in [0.25, 0.3) is 0 Å². The molecule has 0 heterocycles. The second-order valence-corrected chi connectivity index (χ2v) is 7.39. The number of hydrogen-bond donors (Lipinski definition) is 5. The standard InChI is InChI=1S/C18H27BF2N2O4/c20-15-4-3-12(9-16(15)21)5-8-23-14-10-13(11-14)18(22,17(24)25)6-1-2-7-19(26)27/h3-4,9,13-14,23,26-27H,1-2,5-8,10-11,22H2,(H,24,25)/t13-,14-,18-/m0/s1. The molecule has 1 saturated carbocycles. The Morgan fingerprint density at radius 1 is 1.26 bits per heavy atom. The van der Waals surface area contributed by atoms with Crippen LogP contribution in [0.3, 0.4) is 0 Å². The number of carboxylic acids is 1. The Bertz CT molecular complexity index is 644. The summed E-state index contributed by atoms with van der Waals surface area (Å²) in [6.45, 7) is 0.585. The van der Waals surface area contributed by atoms with Gasteiger partial charge in [0.15, 0.2) is 11.6 Å². The number of aliphatic carboxylic acids is 1. The zero-order valence-corrected chi connectivity index (χ0v) is 15.2. The van der Waals surface area contributed by atoms with Gasteiger partial charge in [-0.3, -0.25) is 4.79 Å². The maximum Gasteiger partial charge on any atom is 0.451 e. The van der Waals surface area contributed by atoms with Crippen molar-refractivity contribution < 1.29 is 28.7 Å². The van der Waals surface area contributed by atoms with Crippen molar-refractivity contribution >= 4 is 13.1 Å². The van der Waals surface area contributed by atoms with Crippen molar-refractivity contribution in [2.45, 2.75) is 56.4 Å². The van der Waals surface area contributed by atoms with E-state index in [1.807, 2.05) is 0 Å². The quantitative estimate of drug-likeness (QED) is 0.290. The highest BCUT2D eigenvalue weighted by Gasteiger charge is 2.47. The van der Waals surface area contributed by atoms with E-state index in [0.29, 0.717) is 50.6 Å². The van der Waals surface area contributed by atoms with Crippen molar-refractivity contribution in [3.05, 3.63) is 35.4 Å². The third-order valence-electron chi connectivity index (χ3n) is 5.40. The van der Waals surface area contributed by atoms with E-state index < -0.39 is 30.3 Å². The molecule has 6 N–H and O–H groups in total. The monoisotopic (exact) mass is 384 g/mol. The van der Waals surface area contributed by atoms with E-state index in [4.69, 9.17) is 15.8 Å². The summed E-state index contributed by atoms with van der Waals surface area (Å²) in [4.78, 5) is 11.6. The Hall–Kier alpha value is -1.55. The zero-order chi connectivity index (χ0) is 20.0. The topological polar surface area (TPSA) is 116 Å². The maximum absolute atomic E-state index is 13.2. The molecule has 1 aromatic rings. The maximum atomic E-state index is 13.2. The molecular formula is C18H27BF2N2O4. The molecule has 0 spiro atoms. The third kappa shape index (κ3) is 5.97. The fourth-order valence-corrected chi connectivity index (χ4v) is 3.55. The first-order valence-electron chi connectivity index (χ1n) is 9.28. The molecule has 1 aliphatic rings. The van der Waals surface area contributed by atoms with E-state index in [9.17, 15) is 18.7 Å². The van der Waals surface area contributed by atoms with E-state index in [1.54, 1.807) is 6.07 Å². The predicted molar refractivity (Wildman–Crippen MR) is 98.0 cm³/mol. The number of hydrogen-bond acceptors (Lipinski definition) is 5. The molecule has 1 aliphatic carbocycles. The van der Waals surface area contributed by atoms with Crippen molar-refractivity contribution in [2.75, 3.05) is 6.54 Å². The number of carboxylic acid groups (broad SMARTS) is 1. The van der Waals surface area contributed by atoms with Gasteiger partial charge < -0.3 is 26.2 Å². The van der Waals surface area contributed by atoms with Gasteiger partial charge in [0.2, 0.25) is 0 Å². The number of rotatable bonds is 11. The SMILES string of the molecule is N[C@](CCCCB(O)O)(C(=O)O)[C@H]1C[C@H](NCCc2ccc(F)c(F)c2)C1. The van der Waals surface area contributed by atoms with Gasteiger partial charge in [0, 0.05) is 6.04 Å². The lowest BCUT2D eigenvalue weighted by Crippen LogP contribution is -2.61. The summed E-state index contributed by atoms with van der Waals surface area (Å²) in [5.41, 5.74) is 5.54. The summed E-state index contributed by atoms with van der Waals surface area (Å²) in [7, 11) is -1.38. The summed E-state index contributed by atoms with van der Waals surface area (Å²) in [5, 5.41) is 30.5. The van der Waals surface area contributed by atoms with Crippen molar-refractivity contribution in [3.63, 3.8) is 0 Å². The molecular weight excluding hydrogens is 357 g/mol. The average Bonchev–Trinajstić information content (AvgIpc) is 2.56. The summed E-state index contributed by atoms with van der Waals surface area (Å²) >= 11 is 0. The molecule has 27 heavy (non-hydrogen) atoms. The summed E-state index contributed by atoms with van der Waals surface area (Å²) in [6.07, 6.45) is 3.36. The first kappa shape index (κ1) is 21.8. The minimum absolute atomic E-state index is 0.144. The van der Waals surface area contributed by atoms with Gasteiger partial charge in [-0.2, -0.15) is 0 Å². The van der Waals surface area contributed by atoms with Gasteiger partial charge in [0.25, 0.3) is 0 Å². The van der Waals surface area contributed by atoms with Gasteiger partial charge in [-0.05, 0) is 62.2 Å². The van der Waals surface area contributed by atoms with E-state index in [2.05, 4.69) is 5.32 Å². The number of benzene rings is 1. The van der Waals surface area contributed by atoms with E-state index >= 15 is 0 Å². The molecule has 0 bridgehead atoms. The van der Waals surface area contributed by atoms with Gasteiger partial charge >= 0.3 is 13.1 Å². The highest BCUT2D eigenvalue weighted by atomic mass is 19.2. The Balaban J connectivity index is 1.73. The molecule has 0 saturated heterocycles. The lowest BCUT2D eigenvalue weighted by atomic mass is 9.66. The molecule has 1 aromatic carbocycles. The van der Waals surface area contributed by atoms with Crippen LogP contribution in [0.1, 0.15) is 37.7 Å². The van der Waals surface area contributed by atoms with Crippen molar-refractivity contribution in [1.29, 1.82) is 0 Å². The molecule has 1 atom stereocenters. The van der Waals surface area contributed by atoms with Crippen LogP contribution in [0, 0.1) is 17.6 Å². The van der Waals surface area contributed by atoms with Gasteiger partial charge in [-0.15, -0.1) is 0 Å². The first-order valence-corrected chi connectivity index (χ1v) is 9.28. The van der Waals surface area contributed by atoms with Crippen LogP contribution in [0.15, 0.2) is 18.2 Å². The van der Waals surface area contributed by atoms with E-state index in [-0.39, 0.29) is 18.3 Å². The fraction of sp³-hybridized carbons (Fsp3) is 0.611. The predicted octanol–water partition coefficient (Wildman–Crippen LogP) is 1.30. The summed E-state index contributed by atoms with van der Waals surface area (Å²) in [6, 6.07) is 3.98. The van der Waals surface area contributed by atoms with Crippen LogP contribution in [-0.2, 0) is 11.2 Å². The average molecular weight is 384 g/mol. The molecule has 9 heteroatoms. The van der Waals surface area contributed by atoms with Gasteiger partial charge in [-0.1, -0.05) is 18.9 Å². The minimum Gasteiger partial charge on any atom is -0.480 e. The molecule has 0 unspecified atom stereocenters. The highest BCUT2D eigenvalue weighted by Crippen LogP contribution is 2.38. The van der Waals surface area contributed by atoms with Gasteiger partial charge in [0.05, 0.1) is 0 Å². The second kappa shape index (κ2) is 9.59. The molecule has 0 amide bonds. The van der Waals surface area contributed by atoms with Crippen molar-refractivity contribution in [3.8, 4) is 0 Å². The number of carbonyl (C=O) groups is 1. The second-order valence-electron chi connectivity index (χ2n) is 7.39. The van der Waals surface area contributed by atoms with Crippen LogP contribution in [0.4, 0.5) is 8.78 Å². The smallest absolute Gasteiger partial charge is 0.451 e. The Morgan fingerprint density at radius 2 is 1.96 bits per heavy atom. The van der Waals surface area contributed by atoms with Crippen LogP contribution in [-0.4, -0.2) is 46.4 Å². The van der Waals surface area contributed by atoms with Crippen LogP contribution in [0.2, 0.25) is 6.32 Å². The van der Waals surface area contributed by atoms with Crippen LogP contribution < -0.4 is 11.1 Å². The fourth-order valence-electron chi connectivity index (χ4n) is 3.55. The Kier molecular flexibility index (Phi) is 7.73. The van der Waals surface area contributed by atoms with Crippen molar-refractivity contribution in [1.82, 2.24) is 5.32 Å². The molecule has 0 aromatic heterocycles. The zero-order valence-electron chi connectivity index (χ0n) is 15.2. The Labute approximate surface area is 157 Å². The van der Waals surface area contributed by atoms with Crippen LogP contribution in [0.5, 0.6) is 0 Å². The largest absolute Gasteiger partial charge is 0.480 e. The first-order chi connectivity index (χ1) is 12.7. The number of nitrogens with two attached hydrogens (primary N) is 1. The molecule has 0 radical (unpaired) electrons. The lowest BCUT2D eigenvalue weighted by molar-refractivity contribution is -0.148. The summed E-state index contributed by atoms with van der Waals surface area (Å²) < 4.78 is 26.1. The van der Waals surface area contributed by atoms with Gasteiger partial charge in [0.1, 0.15) is 5.54 Å². The molecule has 6 nitrogen and oxygen atoms in total. The van der Waals surface area contributed by atoms with E-state index in [0.717, 1.165) is 6.07 Å². The number of nitrogens with one attached hydrogen (secondary N) is 1. The third-order valence-corrected chi connectivity index (χ3v) is 5.40. The molecule has 0 aliphatic heterocycles. The normalized spacial score (nSPS) is 21.4. The highest BCUT2D eigenvalue weighted by molar-refractivity contribution is 6.40. The molecule has 2 rings (SSSR count). The lowest BCUT2D eigenvalue weighted by Gasteiger charge is -2.45.